The van der Waals surface area contributed by atoms with E-state index < -0.39 is 0 Å². The van der Waals surface area contributed by atoms with Gasteiger partial charge in [0.2, 0.25) is 5.95 Å². The van der Waals surface area contributed by atoms with Crippen molar-refractivity contribution in [3.8, 4) is 0 Å². The van der Waals surface area contributed by atoms with Crippen LogP contribution in [-0.4, -0.2) is 33.0 Å². The fourth-order valence-corrected chi connectivity index (χ4v) is 3.02. The number of H-pyrrole nitrogens is 1. The minimum absolute atomic E-state index is 0.289. The van der Waals surface area contributed by atoms with E-state index in [-0.39, 0.29) is 5.95 Å². The SMILES string of the molecule is CC(C)(C)C1CCN(c2nc(N)nc3nc[nH]c23)CC1. The summed E-state index contributed by atoms with van der Waals surface area (Å²) in [6.45, 7) is 8.98. The molecule has 3 N–H and O–H groups in total. The Hall–Kier alpha value is -1.85. The Kier molecular flexibility index (Phi) is 3.03. The lowest BCUT2D eigenvalue weighted by molar-refractivity contribution is 0.199. The van der Waals surface area contributed by atoms with Gasteiger partial charge in [-0.25, -0.2) is 4.98 Å². The van der Waals surface area contributed by atoms with Gasteiger partial charge in [0.25, 0.3) is 0 Å². The molecule has 1 fully saturated rings. The van der Waals surface area contributed by atoms with E-state index in [0.29, 0.717) is 11.1 Å². The lowest BCUT2D eigenvalue weighted by Gasteiger charge is -2.39. The molecule has 6 nitrogen and oxygen atoms in total. The number of aromatic nitrogens is 4. The normalized spacial score (nSPS) is 17.9. The van der Waals surface area contributed by atoms with E-state index in [0.717, 1.165) is 30.3 Å². The van der Waals surface area contributed by atoms with E-state index in [1.807, 2.05) is 0 Å². The monoisotopic (exact) mass is 274 g/mol. The number of hydrogen-bond donors (Lipinski definition) is 2. The quantitative estimate of drug-likeness (QED) is 0.833. The van der Waals surface area contributed by atoms with Gasteiger partial charge >= 0.3 is 0 Å². The van der Waals surface area contributed by atoms with E-state index in [2.05, 4.69) is 45.6 Å². The van der Waals surface area contributed by atoms with Crippen LogP contribution in [0.4, 0.5) is 11.8 Å². The highest BCUT2D eigenvalue weighted by Gasteiger charge is 2.30. The van der Waals surface area contributed by atoms with Crippen LogP contribution in [0.2, 0.25) is 0 Å². The van der Waals surface area contributed by atoms with Gasteiger partial charge in [-0.3, -0.25) is 0 Å². The summed E-state index contributed by atoms with van der Waals surface area (Å²) in [5.41, 5.74) is 7.69. The van der Waals surface area contributed by atoms with Gasteiger partial charge in [-0.2, -0.15) is 9.97 Å². The summed E-state index contributed by atoms with van der Waals surface area (Å²) in [6, 6.07) is 0. The zero-order chi connectivity index (χ0) is 14.3. The van der Waals surface area contributed by atoms with Gasteiger partial charge in [0.15, 0.2) is 11.5 Å². The molecule has 0 radical (unpaired) electrons. The molecule has 0 unspecified atom stereocenters. The fraction of sp³-hybridized carbons (Fsp3) is 0.643. The second-order valence-electron chi connectivity index (χ2n) is 6.63. The Balaban J connectivity index is 1.85. The molecule has 6 heteroatoms. The summed E-state index contributed by atoms with van der Waals surface area (Å²) < 4.78 is 0. The molecule has 3 rings (SSSR count). The lowest BCUT2D eigenvalue weighted by Crippen LogP contribution is -2.38. The molecular formula is C14H22N6. The number of hydrogen-bond acceptors (Lipinski definition) is 5. The standard InChI is InChI=1S/C14H22N6/c1-14(2,3)9-4-6-20(7-5-9)12-10-11(17-8-16-10)18-13(15)19-12/h8-9H,4-7H2,1-3H3,(H3,15,16,17,18,19). The van der Waals surface area contributed by atoms with Gasteiger partial charge in [-0.05, 0) is 24.2 Å². The Morgan fingerprint density at radius 3 is 2.60 bits per heavy atom. The van der Waals surface area contributed by atoms with E-state index in [1.165, 1.54) is 12.8 Å². The van der Waals surface area contributed by atoms with Crippen LogP contribution >= 0.6 is 0 Å². The van der Waals surface area contributed by atoms with E-state index in [4.69, 9.17) is 5.73 Å². The number of imidazole rings is 1. The summed E-state index contributed by atoms with van der Waals surface area (Å²) in [6.07, 6.45) is 4.01. The van der Waals surface area contributed by atoms with Gasteiger partial charge in [-0.15, -0.1) is 0 Å². The average molecular weight is 274 g/mol. The molecule has 0 aromatic carbocycles. The van der Waals surface area contributed by atoms with Crippen LogP contribution in [0.5, 0.6) is 0 Å². The van der Waals surface area contributed by atoms with Gasteiger partial charge in [0, 0.05) is 13.1 Å². The highest BCUT2D eigenvalue weighted by molar-refractivity contribution is 5.84. The predicted octanol–water partition coefficient (Wildman–Crippen LogP) is 2.20. The number of anilines is 2. The predicted molar refractivity (Wildman–Crippen MR) is 80.5 cm³/mol. The molecule has 108 valence electrons. The number of nitrogens with two attached hydrogens (primary N) is 1. The second kappa shape index (κ2) is 4.61. The van der Waals surface area contributed by atoms with E-state index in [9.17, 15) is 0 Å². The molecule has 1 aliphatic rings. The maximum Gasteiger partial charge on any atom is 0.224 e. The van der Waals surface area contributed by atoms with Crippen molar-refractivity contribution in [1.29, 1.82) is 0 Å². The highest BCUT2D eigenvalue weighted by atomic mass is 15.2. The topological polar surface area (TPSA) is 83.7 Å². The number of aromatic amines is 1. The van der Waals surface area contributed by atoms with Crippen molar-refractivity contribution < 1.29 is 0 Å². The number of piperidine rings is 1. The zero-order valence-electron chi connectivity index (χ0n) is 12.3. The fourth-order valence-electron chi connectivity index (χ4n) is 3.02. The molecule has 2 aromatic heterocycles. The van der Waals surface area contributed by atoms with Gasteiger partial charge in [0.05, 0.1) is 6.33 Å². The van der Waals surface area contributed by atoms with Crippen molar-refractivity contribution in [2.24, 2.45) is 11.3 Å². The smallest absolute Gasteiger partial charge is 0.224 e. The van der Waals surface area contributed by atoms with Crippen LogP contribution in [0, 0.1) is 11.3 Å². The number of nitrogens with zero attached hydrogens (tertiary/aromatic N) is 4. The van der Waals surface area contributed by atoms with Crippen molar-refractivity contribution in [3.05, 3.63) is 6.33 Å². The minimum atomic E-state index is 0.289. The Labute approximate surface area is 118 Å². The van der Waals surface area contributed by atoms with Crippen LogP contribution in [0.3, 0.4) is 0 Å². The van der Waals surface area contributed by atoms with E-state index in [1.54, 1.807) is 6.33 Å². The molecule has 20 heavy (non-hydrogen) atoms. The molecule has 0 atom stereocenters. The van der Waals surface area contributed by atoms with Crippen LogP contribution in [-0.2, 0) is 0 Å². The third-order valence-electron chi connectivity index (χ3n) is 4.30. The molecule has 2 aromatic rings. The molecule has 0 bridgehead atoms. The molecule has 0 spiro atoms. The first-order valence-electron chi connectivity index (χ1n) is 7.16. The van der Waals surface area contributed by atoms with Crippen molar-refractivity contribution in [2.45, 2.75) is 33.6 Å². The van der Waals surface area contributed by atoms with Crippen molar-refractivity contribution in [2.75, 3.05) is 23.7 Å². The lowest BCUT2D eigenvalue weighted by atomic mass is 9.75. The number of rotatable bonds is 1. The number of fused-ring (bicyclic) bond motifs is 1. The molecule has 0 saturated carbocycles. The van der Waals surface area contributed by atoms with Crippen molar-refractivity contribution >= 4 is 22.9 Å². The first kappa shape index (κ1) is 13.1. The average Bonchev–Trinajstić information content (AvgIpc) is 2.85. The summed E-state index contributed by atoms with van der Waals surface area (Å²) >= 11 is 0. The third-order valence-corrected chi connectivity index (χ3v) is 4.30. The molecular weight excluding hydrogens is 252 g/mol. The summed E-state index contributed by atoms with van der Waals surface area (Å²) in [4.78, 5) is 18.1. The number of nitrogen functional groups attached to an aromatic ring is 1. The van der Waals surface area contributed by atoms with Gasteiger partial charge < -0.3 is 15.6 Å². The van der Waals surface area contributed by atoms with Crippen molar-refractivity contribution in [1.82, 2.24) is 19.9 Å². The first-order valence-corrected chi connectivity index (χ1v) is 7.16. The molecule has 3 heterocycles. The first-order chi connectivity index (χ1) is 9.45. The van der Waals surface area contributed by atoms with Crippen LogP contribution in [0.25, 0.3) is 11.2 Å². The van der Waals surface area contributed by atoms with Crippen molar-refractivity contribution in [3.63, 3.8) is 0 Å². The van der Waals surface area contributed by atoms with Gasteiger partial charge in [0.1, 0.15) is 5.52 Å². The summed E-state index contributed by atoms with van der Waals surface area (Å²) in [5.74, 6) is 1.94. The Morgan fingerprint density at radius 2 is 1.95 bits per heavy atom. The Morgan fingerprint density at radius 1 is 1.25 bits per heavy atom. The zero-order valence-corrected chi connectivity index (χ0v) is 12.3. The largest absolute Gasteiger partial charge is 0.368 e. The second-order valence-corrected chi connectivity index (χ2v) is 6.63. The highest BCUT2D eigenvalue weighted by Crippen LogP contribution is 2.36. The van der Waals surface area contributed by atoms with Crippen LogP contribution < -0.4 is 10.6 Å². The Bertz CT molecular complexity index is 604. The van der Waals surface area contributed by atoms with Crippen LogP contribution in [0.15, 0.2) is 6.33 Å². The third kappa shape index (κ3) is 2.30. The minimum Gasteiger partial charge on any atom is -0.368 e. The van der Waals surface area contributed by atoms with Gasteiger partial charge in [-0.1, -0.05) is 20.8 Å². The molecule has 0 aliphatic carbocycles. The maximum absolute atomic E-state index is 5.78. The molecule has 1 aliphatic heterocycles. The van der Waals surface area contributed by atoms with E-state index >= 15 is 0 Å². The number of nitrogens with one attached hydrogen (secondary N) is 1. The summed E-state index contributed by atoms with van der Waals surface area (Å²) in [7, 11) is 0. The molecule has 1 saturated heterocycles. The summed E-state index contributed by atoms with van der Waals surface area (Å²) in [5, 5.41) is 0. The van der Waals surface area contributed by atoms with Crippen LogP contribution in [0.1, 0.15) is 33.6 Å². The maximum atomic E-state index is 5.78. The molecule has 0 amide bonds.